The number of benzene rings is 1. The zero-order valence-electron chi connectivity index (χ0n) is 13.4. The monoisotopic (exact) mass is 278 g/mol. The summed E-state index contributed by atoms with van der Waals surface area (Å²) in [5.74, 6) is 0. The Balaban J connectivity index is 2.41. The summed E-state index contributed by atoms with van der Waals surface area (Å²) < 4.78 is 0. The minimum absolute atomic E-state index is 0.0850. The number of hydrogen-bond donors (Lipinski definition) is 2. The van der Waals surface area contributed by atoms with Gasteiger partial charge in [-0.15, -0.1) is 0 Å². The third kappa shape index (κ3) is 5.51. The van der Waals surface area contributed by atoms with E-state index in [1.54, 1.807) is 0 Å². The fraction of sp³-hybridized carbons (Fsp3) is 0.647. The summed E-state index contributed by atoms with van der Waals surface area (Å²) in [7, 11) is 4.04. The SMILES string of the molecule is CCCCCCNC(C)C(O)c1ccc(N(C)C)cc1. The molecular weight excluding hydrogens is 248 g/mol. The van der Waals surface area contributed by atoms with Gasteiger partial charge in [0.2, 0.25) is 0 Å². The Bertz CT molecular complexity index is 362. The van der Waals surface area contributed by atoms with Crippen molar-refractivity contribution in [2.24, 2.45) is 0 Å². The maximum atomic E-state index is 10.3. The molecule has 1 rings (SSSR count). The van der Waals surface area contributed by atoms with Crippen molar-refractivity contribution in [1.29, 1.82) is 0 Å². The molecule has 1 aromatic carbocycles. The van der Waals surface area contributed by atoms with Crippen LogP contribution in [0.15, 0.2) is 24.3 Å². The smallest absolute Gasteiger partial charge is 0.0940 e. The van der Waals surface area contributed by atoms with Crippen LogP contribution >= 0.6 is 0 Å². The van der Waals surface area contributed by atoms with Crippen LogP contribution < -0.4 is 10.2 Å². The largest absolute Gasteiger partial charge is 0.387 e. The van der Waals surface area contributed by atoms with Gasteiger partial charge < -0.3 is 15.3 Å². The predicted octanol–water partition coefficient (Wildman–Crippen LogP) is 3.34. The van der Waals surface area contributed by atoms with Crippen molar-refractivity contribution < 1.29 is 5.11 Å². The number of anilines is 1. The van der Waals surface area contributed by atoms with Gasteiger partial charge in [0.1, 0.15) is 0 Å². The number of rotatable bonds is 9. The van der Waals surface area contributed by atoms with Gasteiger partial charge in [0.15, 0.2) is 0 Å². The summed E-state index contributed by atoms with van der Waals surface area (Å²) in [6.45, 7) is 5.25. The van der Waals surface area contributed by atoms with Gasteiger partial charge in [-0.05, 0) is 37.6 Å². The van der Waals surface area contributed by atoms with Gasteiger partial charge in [-0.2, -0.15) is 0 Å². The van der Waals surface area contributed by atoms with Gasteiger partial charge in [-0.3, -0.25) is 0 Å². The first-order valence-corrected chi connectivity index (χ1v) is 7.75. The molecule has 0 radical (unpaired) electrons. The first-order chi connectivity index (χ1) is 9.56. The summed E-state index contributed by atoms with van der Waals surface area (Å²) in [6, 6.07) is 8.20. The molecule has 2 atom stereocenters. The second kappa shape index (κ2) is 8.98. The van der Waals surface area contributed by atoms with E-state index >= 15 is 0 Å². The number of aliphatic hydroxyl groups excluding tert-OH is 1. The van der Waals surface area contributed by atoms with Gasteiger partial charge in [-0.1, -0.05) is 38.3 Å². The van der Waals surface area contributed by atoms with Crippen LogP contribution in [0.2, 0.25) is 0 Å². The first kappa shape index (κ1) is 17.0. The highest BCUT2D eigenvalue weighted by molar-refractivity contribution is 5.46. The van der Waals surface area contributed by atoms with Crippen molar-refractivity contribution in [2.45, 2.75) is 51.7 Å². The number of nitrogens with zero attached hydrogens (tertiary/aromatic N) is 1. The molecule has 2 N–H and O–H groups in total. The fourth-order valence-electron chi connectivity index (χ4n) is 2.25. The van der Waals surface area contributed by atoms with Crippen LogP contribution in [0.4, 0.5) is 5.69 Å². The van der Waals surface area contributed by atoms with Crippen molar-refractivity contribution in [1.82, 2.24) is 5.32 Å². The van der Waals surface area contributed by atoms with Gasteiger partial charge in [0, 0.05) is 25.8 Å². The molecule has 0 amide bonds. The van der Waals surface area contributed by atoms with Gasteiger partial charge in [0.05, 0.1) is 6.10 Å². The normalized spacial score (nSPS) is 14.1. The molecule has 20 heavy (non-hydrogen) atoms. The molecule has 114 valence electrons. The molecule has 0 heterocycles. The molecule has 0 aliphatic heterocycles. The van der Waals surface area contributed by atoms with Crippen LogP contribution in [0.3, 0.4) is 0 Å². The van der Waals surface area contributed by atoms with Crippen molar-refractivity contribution in [3.63, 3.8) is 0 Å². The average molecular weight is 278 g/mol. The predicted molar refractivity (Wildman–Crippen MR) is 87.3 cm³/mol. The van der Waals surface area contributed by atoms with Crippen molar-refractivity contribution in [3.8, 4) is 0 Å². The molecule has 2 unspecified atom stereocenters. The average Bonchev–Trinajstić information content (AvgIpc) is 2.46. The minimum atomic E-state index is -0.447. The summed E-state index contributed by atoms with van der Waals surface area (Å²) in [5, 5.41) is 13.8. The van der Waals surface area contributed by atoms with Crippen LogP contribution in [0, 0.1) is 0 Å². The van der Waals surface area contributed by atoms with E-state index in [2.05, 4.69) is 17.1 Å². The minimum Gasteiger partial charge on any atom is -0.387 e. The molecule has 0 bridgehead atoms. The quantitative estimate of drug-likeness (QED) is 0.680. The summed E-state index contributed by atoms with van der Waals surface area (Å²) in [5.41, 5.74) is 2.13. The van der Waals surface area contributed by atoms with E-state index in [-0.39, 0.29) is 6.04 Å². The second-order valence-electron chi connectivity index (χ2n) is 5.73. The molecule has 0 aromatic heterocycles. The lowest BCUT2D eigenvalue weighted by Gasteiger charge is -2.21. The highest BCUT2D eigenvalue weighted by Crippen LogP contribution is 2.20. The number of unbranched alkanes of at least 4 members (excludes halogenated alkanes) is 3. The zero-order chi connectivity index (χ0) is 15.0. The number of nitrogens with one attached hydrogen (secondary N) is 1. The van der Waals surface area contributed by atoms with Crippen LogP contribution in [0.1, 0.15) is 51.2 Å². The van der Waals surface area contributed by atoms with Crippen LogP contribution in [0.25, 0.3) is 0 Å². The molecule has 1 aromatic rings. The first-order valence-electron chi connectivity index (χ1n) is 7.75. The molecule has 0 fully saturated rings. The molecule has 3 heteroatoms. The molecule has 0 saturated heterocycles. The summed E-state index contributed by atoms with van der Waals surface area (Å²) in [4.78, 5) is 2.06. The lowest BCUT2D eigenvalue weighted by Crippen LogP contribution is -2.32. The summed E-state index contributed by atoms with van der Waals surface area (Å²) >= 11 is 0. The Morgan fingerprint density at radius 3 is 2.30 bits per heavy atom. The third-order valence-electron chi connectivity index (χ3n) is 3.72. The van der Waals surface area contributed by atoms with Gasteiger partial charge in [-0.25, -0.2) is 0 Å². The maximum Gasteiger partial charge on any atom is 0.0940 e. The van der Waals surface area contributed by atoms with Crippen LogP contribution in [0.5, 0.6) is 0 Å². The van der Waals surface area contributed by atoms with Gasteiger partial charge >= 0.3 is 0 Å². The third-order valence-corrected chi connectivity index (χ3v) is 3.72. The highest BCUT2D eigenvalue weighted by Gasteiger charge is 2.15. The molecule has 0 saturated carbocycles. The van der Waals surface area contributed by atoms with E-state index in [9.17, 15) is 5.11 Å². The maximum absolute atomic E-state index is 10.3. The number of aliphatic hydroxyl groups is 1. The molecule has 3 nitrogen and oxygen atoms in total. The van der Waals surface area contributed by atoms with E-state index in [1.165, 1.54) is 25.7 Å². The summed E-state index contributed by atoms with van der Waals surface area (Å²) in [6.07, 6.45) is 4.56. The van der Waals surface area contributed by atoms with E-state index in [1.807, 2.05) is 45.3 Å². The topological polar surface area (TPSA) is 35.5 Å². The molecule has 0 spiro atoms. The molecule has 0 aliphatic rings. The molecular formula is C17H30N2O. The second-order valence-corrected chi connectivity index (χ2v) is 5.73. The van der Waals surface area contributed by atoms with Crippen LogP contribution in [-0.2, 0) is 0 Å². The Hall–Kier alpha value is -1.06. The van der Waals surface area contributed by atoms with E-state index < -0.39 is 6.10 Å². The van der Waals surface area contributed by atoms with Crippen molar-refractivity contribution in [3.05, 3.63) is 29.8 Å². The Kier molecular flexibility index (Phi) is 7.63. The van der Waals surface area contributed by atoms with Crippen LogP contribution in [-0.4, -0.2) is 31.8 Å². The zero-order valence-corrected chi connectivity index (χ0v) is 13.4. The Morgan fingerprint density at radius 1 is 1.10 bits per heavy atom. The fourth-order valence-corrected chi connectivity index (χ4v) is 2.25. The lowest BCUT2D eigenvalue weighted by atomic mass is 10.0. The number of hydrogen-bond acceptors (Lipinski definition) is 3. The standard InChI is InChI=1S/C17H30N2O/c1-5-6-7-8-13-18-14(2)17(20)15-9-11-16(12-10-15)19(3)4/h9-12,14,17-18,20H,5-8,13H2,1-4H3. The van der Waals surface area contributed by atoms with E-state index in [0.29, 0.717) is 0 Å². The van der Waals surface area contributed by atoms with Crippen molar-refractivity contribution in [2.75, 3.05) is 25.5 Å². The van der Waals surface area contributed by atoms with Gasteiger partial charge in [0.25, 0.3) is 0 Å². The lowest BCUT2D eigenvalue weighted by molar-refractivity contribution is 0.136. The highest BCUT2D eigenvalue weighted by atomic mass is 16.3. The van der Waals surface area contributed by atoms with E-state index in [0.717, 1.165) is 17.8 Å². The Morgan fingerprint density at radius 2 is 1.75 bits per heavy atom. The Labute approximate surface area is 124 Å². The molecule has 0 aliphatic carbocycles. The van der Waals surface area contributed by atoms with E-state index in [4.69, 9.17) is 0 Å². The van der Waals surface area contributed by atoms with Crippen molar-refractivity contribution >= 4 is 5.69 Å².